The van der Waals surface area contributed by atoms with Crippen LogP contribution in [0.3, 0.4) is 0 Å². The summed E-state index contributed by atoms with van der Waals surface area (Å²) in [5.74, 6) is 0.857. The first-order valence-electron chi connectivity index (χ1n) is 5.79. The summed E-state index contributed by atoms with van der Waals surface area (Å²) in [5.41, 5.74) is 1.05. The fourth-order valence-corrected chi connectivity index (χ4v) is 3.39. The van der Waals surface area contributed by atoms with Crippen molar-refractivity contribution in [3.05, 3.63) is 21.8 Å². The number of fused-ring (bicyclic) bond motifs is 1. The number of nitriles is 1. The zero-order chi connectivity index (χ0) is 11.8. The van der Waals surface area contributed by atoms with E-state index in [9.17, 15) is 10.1 Å². The lowest BCUT2D eigenvalue weighted by Gasteiger charge is -2.48. The van der Waals surface area contributed by atoms with E-state index in [0.717, 1.165) is 19.3 Å². The summed E-state index contributed by atoms with van der Waals surface area (Å²) in [5, 5.41) is 19.5. The van der Waals surface area contributed by atoms with Gasteiger partial charge in [0.15, 0.2) is 0 Å². The van der Waals surface area contributed by atoms with Gasteiger partial charge in [-0.25, -0.2) is 0 Å². The van der Waals surface area contributed by atoms with Crippen molar-refractivity contribution in [1.29, 1.82) is 5.26 Å². The number of rotatable bonds is 4. The van der Waals surface area contributed by atoms with E-state index in [1.165, 1.54) is 5.57 Å². The lowest BCUT2D eigenvalue weighted by molar-refractivity contribution is -0.505. The number of hydrogen-bond donors (Lipinski definition) is 0. The number of nitro groups is 1. The Morgan fingerprint density at radius 2 is 2.50 bits per heavy atom. The van der Waals surface area contributed by atoms with Gasteiger partial charge in [-0.3, -0.25) is 10.1 Å². The average molecular weight is 220 g/mol. The first-order valence-corrected chi connectivity index (χ1v) is 5.79. The number of nitrogens with zero attached hydrogens (tertiary/aromatic N) is 2. The van der Waals surface area contributed by atoms with Crippen LogP contribution in [0.1, 0.15) is 32.6 Å². The molecule has 0 aromatic heterocycles. The van der Waals surface area contributed by atoms with Crippen molar-refractivity contribution in [2.24, 2.45) is 17.3 Å². The Balaban J connectivity index is 2.15. The fourth-order valence-electron chi connectivity index (χ4n) is 3.39. The van der Waals surface area contributed by atoms with Gasteiger partial charge in [-0.15, -0.1) is 0 Å². The molecule has 86 valence electrons. The van der Waals surface area contributed by atoms with Crippen molar-refractivity contribution >= 4 is 0 Å². The summed E-state index contributed by atoms with van der Waals surface area (Å²) in [4.78, 5) is 10.4. The van der Waals surface area contributed by atoms with Gasteiger partial charge in [0.1, 0.15) is 0 Å². The summed E-state index contributed by atoms with van der Waals surface area (Å²) in [7, 11) is 0. The standard InChI is InChI=1S/C12H16N2O2/c1-2-9-5-10-7-12(3-4-13,8-14(15)16)11(10)6-9/h6,10-11H,2-3,5,7-8H2,1H3/t10?,11?,12-/m0/s1. The zero-order valence-corrected chi connectivity index (χ0v) is 9.48. The molecular formula is C12H16N2O2. The Morgan fingerprint density at radius 1 is 1.75 bits per heavy atom. The van der Waals surface area contributed by atoms with Crippen LogP contribution < -0.4 is 0 Å². The first-order chi connectivity index (χ1) is 7.61. The van der Waals surface area contributed by atoms with Crippen LogP contribution in [-0.4, -0.2) is 11.5 Å². The van der Waals surface area contributed by atoms with E-state index in [1.807, 2.05) is 0 Å². The molecule has 4 heteroatoms. The van der Waals surface area contributed by atoms with E-state index in [-0.39, 0.29) is 22.8 Å². The maximum absolute atomic E-state index is 10.7. The highest BCUT2D eigenvalue weighted by Gasteiger charge is 2.57. The van der Waals surface area contributed by atoms with Crippen molar-refractivity contribution in [3.63, 3.8) is 0 Å². The third kappa shape index (κ3) is 1.60. The highest BCUT2D eigenvalue weighted by Crippen LogP contribution is 2.59. The average Bonchev–Trinajstić information content (AvgIpc) is 2.55. The summed E-state index contributed by atoms with van der Waals surface area (Å²) in [6, 6.07) is 2.13. The molecule has 3 atom stereocenters. The van der Waals surface area contributed by atoms with Crippen LogP contribution >= 0.6 is 0 Å². The van der Waals surface area contributed by atoms with Gasteiger partial charge in [0, 0.05) is 11.3 Å². The van der Waals surface area contributed by atoms with Gasteiger partial charge < -0.3 is 0 Å². The maximum atomic E-state index is 10.7. The molecule has 0 radical (unpaired) electrons. The van der Waals surface area contributed by atoms with Crippen LogP contribution in [0.25, 0.3) is 0 Å². The molecule has 2 aliphatic rings. The van der Waals surface area contributed by atoms with Crippen LogP contribution in [0.5, 0.6) is 0 Å². The summed E-state index contributed by atoms with van der Waals surface area (Å²) in [6.45, 7) is 2.07. The molecule has 0 spiro atoms. The minimum atomic E-state index is -0.361. The maximum Gasteiger partial charge on any atom is 0.211 e. The van der Waals surface area contributed by atoms with Gasteiger partial charge in [0.25, 0.3) is 0 Å². The summed E-state index contributed by atoms with van der Waals surface area (Å²) < 4.78 is 0. The molecule has 0 aliphatic heterocycles. The fraction of sp³-hybridized carbons (Fsp3) is 0.750. The van der Waals surface area contributed by atoms with Gasteiger partial charge in [-0.05, 0) is 31.1 Å². The molecule has 2 aliphatic carbocycles. The lowest BCUT2D eigenvalue weighted by atomic mass is 9.53. The van der Waals surface area contributed by atoms with Crippen LogP contribution in [0.15, 0.2) is 11.6 Å². The van der Waals surface area contributed by atoms with Crippen molar-refractivity contribution < 1.29 is 4.92 Å². The Kier molecular flexibility index (Phi) is 2.71. The van der Waals surface area contributed by atoms with Crippen molar-refractivity contribution in [1.82, 2.24) is 0 Å². The van der Waals surface area contributed by atoms with Crippen LogP contribution in [-0.2, 0) is 0 Å². The van der Waals surface area contributed by atoms with Crippen molar-refractivity contribution in [2.75, 3.05) is 6.54 Å². The third-order valence-electron chi connectivity index (χ3n) is 4.15. The third-order valence-corrected chi connectivity index (χ3v) is 4.15. The molecule has 0 aromatic carbocycles. The largest absolute Gasteiger partial charge is 0.265 e. The van der Waals surface area contributed by atoms with Gasteiger partial charge in [0.2, 0.25) is 6.54 Å². The van der Waals surface area contributed by atoms with Gasteiger partial charge in [-0.1, -0.05) is 18.6 Å². The van der Waals surface area contributed by atoms with Crippen molar-refractivity contribution in [3.8, 4) is 6.07 Å². The molecule has 0 N–H and O–H groups in total. The van der Waals surface area contributed by atoms with Crippen LogP contribution in [0.2, 0.25) is 0 Å². The molecule has 2 unspecified atom stereocenters. The monoisotopic (exact) mass is 220 g/mol. The molecule has 0 amide bonds. The van der Waals surface area contributed by atoms with E-state index in [1.54, 1.807) is 0 Å². The predicted molar refractivity (Wildman–Crippen MR) is 59.1 cm³/mol. The molecule has 0 saturated heterocycles. The SMILES string of the molecule is CCC1=CC2C(C1)C[C@@]2(CC#N)C[N+](=O)[O-]. The van der Waals surface area contributed by atoms with E-state index < -0.39 is 0 Å². The van der Waals surface area contributed by atoms with Crippen LogP contribution in [0, 0.1) is 38.7 Å². The molecule has 4 nitrogen and oxygen atoms in total. The second-order valence-corrected chi connectivity index (χ2v) is 5.06. The molecule has 2 rings (SSSR count). The van der Waals surface area contributed by atoms with Crippen LogP contribution in [0.4, 0.5) is 0 Å². The highest BCUT2D eigenvalue weighted by molar-refractivity contribution is 5.24. The molecule has 1 fully saturated rings. The Morgan fingerprint density at radius 3 is 3.06 bits per heavy atom. The quantitative estimate of drug-likeness (QED) is 0.415. The summed E-state index contributed by atoms with van der Waals surface area (Å²) >= 11 is 0. The smallest absolute Gasteiger partial charge is 0.211 e. The molecule has 0 heterocycles. The second-order valence-electron chi connectivity index (χ2n) is 5.06. The minimum absolute atomic E-state index is 0.0464. The first kappa shape index (κ1) is 11.1. The molecule has 16 heavy (non-hydrogen) atoms. The molecule has 1 saturated carbocycles. The Bertz CT molecular complexity index is 383. The lowest BCUT2D eigenvalue weighted by Crippen LogP contribution is -2.49. The van der Waals surface area contributed by atoms with Gasteiger partial charge >= 0.3 is 0 Å². The van der Waals surface area contributed by atoms with Gasteiger partial charge in [-0.2, -0.15) is 5.26 Å². The van der Waals surface area contributed by atoms with E-state index >= 15 is 0 Å². The minimum Gasteiger partial charge on any atom is -0.265 e. The van der Waals surface area contributed by atoms with Gasteiger partial charge in [0.05, 0.1) is 11.5 Å². The predicted octanol–water partition coefficient (Wildman–Crippen LogP) is 2.54. The highest BCUT2D eigenvalue weighted by atomic mass is 16.6. The molecular weight excluding hydrogens is 204 g/mol. The Hall–Kier alpha value is -1.37. The van der Waals surface area contributed by atoms with Crippen molar-refractivity contribution in [2.45, 2.75) is 32.6 Å². The molecule has 0 bridgehead atoms. The Labute approximate surface area is 95.1 Å². The second kappa shape index (κ2) is 3.89. The normalized spacial score (nSPS) is 35.9. The number of hydrogen-bond acceptors (Lipinski definition) is 3. The van der Waals surface area contributed by atoms with E-state index in [4.69, 9.17) is 5.26 Å². The topological polar surface area (TPSA) is 66.9 Å². The zero-order valence-electron chi connectivity index (χ0n) is 9.48. The molecule has 0 aromatic rings. The van der Waals surface area contributed by atoms with E-state index in [0.29, 0.717) is 12.3 Å². The number of allylic oxidation sites excluding steroid dienone is 2. The van der Waals surface area contributed by atoms with E-state index in [2.05, 4.69) is 19.1 Å². The summed E-state index contributed by atoms with van der Waals surface area (Å²) in [6.07, 6.45) is 5.50.